The first-order chi connectivity index (χ1) is 14.6. The molecule has 0 aliphatic carbocycles. The Kier molecular flexibility index (Phi) is 5.32. The van der Waals surface area contributed by atoms with E-state index in [0.717, 1.165) is 65.3 Å². The van der Waals surface area contributed by atoms with Crippen molar-refractivity contribution in [1.29, 1.82) is 0 Å². The molecule has 30 heavy (non-hydrogen) atoms. The van der Waals surface area contributed by atoms with E-state index in [-0.39, 0.29) is 0 Å². The van der Waals surface area contributed by atoms with Crippen LogP contribution in [0.4, 0.5) is 0 Å². The molecule has 0 saturated carbocycles. The van der Waals surface area contributed by atoms with E-state index in [0.29, 0.717) is 18.1 Å². The minimum atomic E-state index is 0.512. The molecule has 0 bridgehead atoms. The number of nitrogens with zero attached hydrogens (tertiary/aromatic N) is 5. The molecule has 0 spiro atoms. The van der Waals surface area contributed by atoms with E-state index in [1.54, 1.807) is 0 Å². The maximum absolute atomic E-state index is 5.27. The first kappa shape index (κ1) is 19.3. The molecule has 2 N–H and O–H groups in total. The van der Waals surface area contributed by atoms with Gasteiger partial charge in [0.15, 0.2) is 5.82 Å². The fraction of sp³-hybridized carbons (Fsp3) is 0.333. The van der Waals surface area contributed by atoms with Gasteiger partial charge in [0.25, 0.3) is 5.89 Å². The van der Waals surface area contributed by atoms with Crippen molar-refractivity contribution in [2.45, 2.75) is 19.9 Å². The number of pyridine rings is 1. The lowest BCUT2D eigenvalue weighted by molar-refractivity contribution is 0.232. The number of halogens is 1. The van der Waals surface area contributed by atoms with Gasteiger partial charge >= 0.3 is 0 Å². The zero-order chi connectivity index (χ0) is 20.5. The number of piperazine rings is 1. The molecule has 154 valence electrons. The number of H-pyrrole nitrogens is 1. The zero-order valence-electron chi connectivity index (χ0n) is 16.7. The van der Waals surface area contributed by atoms with Crippen LogP contribution in [0, 0.1) is 6.92 Å². The molecule has 5 rings (SSSR count). The maximum atomic E-state index is 5.27. The molecule has 4 aromatic rings. The highest BCUT2D eigenvalue weighted by molar-refractivity contribution is 9.10. The molecule has 1 saturated heterocycles. The van der Waals surface area contributed by atoms with Crippen LogP contribution in [0.3, 0.4) is 0 Å². The lowest BCUT2D eigenvalue weighted by atomic mass is 10.1. The molecular weight excluding hydrogens is 446 g/mol. The van der Waals surface area contributed by atoms with Gasteiger partial charge in [-0.1, -0.05) is 5.16 Å². The van der Waals surface area contributed by atoms with E-state index >= 15 is 0 Å². The molecular formula is C21H22BrN7O. The monoisotopic (exact) mass is 467 g/mol. The van der Waals surface area contributed by atoms with Gasteiger partial charge in [-0.15, -0.1) is 0 Å². The second-order valence-corrected chi connectivity index (χ2v) is 8.39. The highest BCUT2D eigenvalue weighted by atomic mass is 79.9. The fourth-order valence-electron chi connectivity index (χ4n) is 3.72. The molecule has 0 amide bonds. The third-order valence-corrected chi connectivity index (χ3v) is 5.96. The van der Waals surface area contributed by atoms with Crippen molar-refractivity contribution in [1.82, 2.24) is 35.3 Å². The average Bonchev–Trinajstić information content (AvgIpc) is 3.36. The summed E-state index contributed by atoms with van der Waals surface area (Å²) in [6, 6.07) is 8.08. The van der Waals surface area contributed by atoms with Crippen molar-refractivity contribution < 1.29 is 4.52 Å². The summed E-state index contributed by atoms with van der Waals surface area (Å²) in [5.41, 5.74) is 4.97. The Morgan fingerprint density at radius 1 is 1.17 bits per heavy atom. The molecule has 1 aliphatic rings. The first-order valence-electron chi connectivity index (χ1n) is 10.00. The third-order valence-electron chi connectivity index (χ3n) is 5.25. The molecule has 8 nitrogen and oxygen atoms in total. The minimum absolute atomic E-state index is 0.512. The van der Waals surface area contributed by atoms with Crippen LogP contribution in [-0.4, -0.2) is 56.2 Å². The minimum Gasteiger partial charge on any atom is -0.342 e. The molecule has 0 radical (unpaired) electrons. The van der Waals surface area contributed by atoms with Gasteiger partial charge in [0, 0.05) is 61.1 Å². The van der Waals surface area contributed by atoms with Gasteiger partial charge in [0.2, 0.25) is 0 Å². The second-order valence-electron chi connectivity index (χ2n) is 7.53. The van der Waals surface area contributed by atoms with E-state index in [4.69, 9.17) is 9.51 Å². The van der Waals surface area contributed by atoms with E-state index in [9.17, 15) is 0 Å². The number of imidazole rings is 1. The van der Waals surface area contributed by atoms with E-state index < -0.39 is 0 Å². The lowest BCUT2D eigenvalue weighted by Gasteiger charge is -2.27. The lowest BCUT2D eigenvalue weighted by Crippen LogP contribution is -2.42. The van der Waals surface area contributed by atoms with Crippen LogP contribution < -0.4 is 5.32 Å². The molecule has 4 heterocycles. The van der Waals surface area contributed by atoms with Gasteiger partial charge in [-0.3, -0.25) is 9.88 Å². The fourth-order valence-corrected chi connectivity index (χ4v) is 4.07. The Balaban J connectivity index is 1.36. The molecule has 1 aromatic carbocycles. The molecule has 0 atom stereocenters. The van der Waals surface area contributed by atoms with Crippen LogP contribution >= 0.6 is 15.9 Å². The van der Waals surface area contributed by atoms with Crippen LogP contribution in [0.5, 0.6) is 0 Å². The predicted molar refractivity (Wildman–Crippen MR) is 117 cm³/mol. The Morgan fingerprint density at radius 3 is 2.83 bits per heavy atom. The number of hydrogen-bond donors (Lipinski definition) is 2. The van der Waals surface area contributed by atoms with Crippen LogP contribution in [0.25, 0.3) is 22.5 Å². The van der Waals surface area contributed by atoms with Crippen molar-refractivity contribution in [3.05, 3.63) is 57.8 Å². The highest BCUT2D eigenvalue weighted by Gasteiger charge is 2.14. The first-order valence-corrected chi connectivity index (χ1v) is 10.8. The van der Waals surface area contributed by atoms with Crippen LogP contribution in [-0.2, 0) is 13.0 Å². The summed E-state index contributed by atoms with van der Waals surface area (Å²) in [7, 11) is 0. The predicted octanol–water partition coefficient (Wildman–Crippen LogP) is 3.07. The van der Waals surface area contributed by atoms with Crippen molar-refractivity contribution in [3.63, 3.8) is 0 Å². The van der Waals surface area contributed by atoms with Crippen LogP contribution in [0.1, 0.15) is 22.9 Å². The highest BCUT2D eigenvalue weighted by Crippen LogP contribution is 2.24. The van der Waals surface area contributed by atoms with Crippen LogP contribution in [0.15, 0.2) is 39.5 Å². The number of nitrogens with one attached hydrogen (secondary N) is 2. The third kappa shape index (κ3) is 4.14. The Morgan fingerprint density at radius 2 is 2.03 bits per heavy atom. The van der Waals surface area contributed by atoms with Gasteiger partial charge in [0.1, 0.15) is 5.82 Å². The summed E-state index contributed by atoms with van der Waals surface area (Å²) in [6.07, 6.45) is 2.54. The summed E-state index contributed by atoms with van der Waals surface area (Å²) < 4.78 is 6.32. The van der Waals surface area contributed by atoms with Crippen molar-refractivity contribution in [3.8, 4) is 11.5 Å². The molecule has 0 unspecified atom stereocenters. The Labute approximate surface area is 182 Å². The number of fused-ring (bicyclic) bond motifs is 1. The number of rotatable bonds is 5. The maximum Gasteiger partial charge on any atom is 0.257 e. The zero-order valence-corrected chi connectivity index (χ0v) is 18.2. The van der Waals surface area contributed by atoms with Crippen molar-refractivity contribution in [2.24, 2.45) is 0 Å². The summed E-state index contributed by atoms with van der Waals surface area (Å²) >= 11 is 3.65. The van der Waals surface area contributed by atoms with E-state index in [2.05, 4.69) is 52.3 Å². The van der Waals surface area contributed by atoms with Gasteiger partial charge in [0.05, 0.1) is 11.0 Å². The number of aryl methyl sites for hydroxylation is 1. The molecule has 9 heteroatoms. The number of benzene rings is 1. The summed E-state index contributed by atoms with van der Waals surface area (Å²) in [6.45, 7) is 6.94. The van der Waals surface area contributed by atoms with Gasteiger partial charge in [-0.05, 0) is 52.7 Å². The number of aromatic nitrogens is 5. The summed E-state index contributed by atoms with van der Waals surface area (Å²) in [5.74, 6) is 2.01. The Hall–Kier alpha value is -2.62. The van der Waals surface area contributed by atoms with Crippen LogP contribution in [0.2, 0.25) is 0 Å². The summed E-state index contributed by atoms with van der Waals surface area (Å²) in [5, 5.41) is 7.26. The molecule has 1 aliphatic heterocycles. The topological polar surface area (TPSA) is 95.8 Å². The number of hydrogen-bond acceptors (Lipinski definition) is 7. The number of aromatic amines is 1. The smallest absolute Gasteiger partial charge is 0.257 e. The van der Waals surface area contributed by atoms with E-state index in [1.165, 1.54) is 5.56 Å². The normalized spacial score (nSPS) is 15.1. The van der Waals surface area contributed by atoms with Gasteiger partial charge in [-0.2, -0.15) is 4.98 Å². The molecule has 1 fully saturated rings. The standard InChI is InChI=1S/C21H22BrN7O/c1-13-25-21(30-28-13)14-2-3-18-19(9-14)27-20(26-18)10-16-8-15(17(22)11-24-16)12-29-6-4-23-5-7-29/h2-3,8-9,11,23H,4-7,10,12H2,1H3,(H,26,27). The average molecular weight is 468 g/mol. The molecule has 3 aromatic heterocycles. The van der Waals surface area contributed by atoms with Crippen molar-refractivity contribution >= 4 is 27.0 Å². The quantitative estimate of drug-likeness (QED) is 0.465. The Bertz CT molecular complexity index is 1180. The van der Waals surface area contributed by atoms with E-state index in [1.807, 2.05) is 31.3 Å². The van der Waals surface area contributed by atoms with Crippen molar-refractivity contribution in [2.75, 3.05) is 26.2 Å². The second kappa shape index (κ2) is 8.25. The van der Waals surface area contributed by atoms with Gasteiger partial charge in [-0.25, -0.2) is 4.98 Å². The SMILES string of the molecule is Cc1noc(-c2ccc3nc(Cc4cc(CN5CCNCC5)c(Br)cn4)[nH]c3c2)n1. The summed E-state index contributed by atoms with van der Waals surface area (Å²) in [4.78, 5) is 19.5. The van der Waals surface area contributed by atoms with Gasteiger partial charge < -0.3 is 14.8 Å². The largest absolute Gasteiger partial charge is 0.342 e.